The van der Waals surface area contributed by atoms with Crippen LogP contribution in [0.5, 0.6) is 0 Å². The Morgan fingerprint density at radius 3 is 2.45 bits per heavy atom. The number of allylic oxidation sites excluding steroid dienone is 1. The second kappa shape index (κ2) is 13.8. The van der Waals surface area contributed by atoms with E-state index in [-0.39, 0.29) is 30.5 Å². The number of oxazole rings is 1. The molecule has 12 heteroatoms. The molecule has 0 aliphatic carbocycles. The van der Waals surface area contributed by atoms with E-state index in [0.29, 0.717) is 27.9 Å². The Morgan fingerprint density at radius 1 is 1.17 bits per heavy atom. The third-order valence-electron chi connectivity index (χ3n) is 5.95. The molecule has 0 spiro atoms. The van der Waals surface area contributed by atoms with Crippen LogP contribution in [0, 0.1) is 16.7 Å². The van der Waals surface area contributed by atoms with E-state index in [2.05, 4.69) is 27.5 Å². The number of esters is 1. The van der Waals surface area contributed by atoms with Crippen molar-refractivity contribution in [1.29, 1.82) is 5.26 Å². The van der Waals surface area contributed by atoms with Gasteiger partial charge in [0.2, 0.25) is 12.1 Å². The van der Waals surface area contributed by atoms with E-state index >= 15 is 0 Å². The summed E-state index contributed by atoms with van der Waals surface area (Å²) < 4.78 is 21.8. The molecule has 42 heavy (non-hydrogen) atoms. The summed E-state index contributed by atoms with van der Waals surface area (Å²) in [6.45, 7) is 13.5. The molecule has 0 radical (unpaired) electrons. The fourth-order valence-electron chi connectivity index (χ4n) is 3.53. The van der Waals surface area contributed by atoms with Gasteiger partial charge < -0.3 is 18.6 Å². The van der Waals surface area contributed by atoms with Crippen LogP contribution in [0.4, 0.5) is 4.79 Å². The molecular formula is C30H32ClN5O6. The Bertz CT molecular complexity index is 1560. The van der Waals surface area contributed by atoms with Gasteiger partial charge in [-0.1, -0.05) is 38.1 Å². The first-order chi connectivity index (χ1) is 19.9. The van der Waals surface area contributed by atoms with E-state index in [9.17, 15) is 14.9 Å². The first kappa shape index (κ1) is 31.9. The maximum Gasteiger partial charge on any atom is 0.510 e. The number of nitriles is 1. The normalized spacial score (nSPS) is 12.3. The van der Waals surface area contributed by atoms with Crippen molar-refractivity contribution in [3.8, 4) is 28.9 Å². The van der Waals surface area contributed by atoms with Crippen LogP contribution >= 0.6 is 11.6 Å². The molecule has 0 saturated heterocycles. The molecule has 0 aliphatic heterocycles. The molecule has 1 unspecified atom stereocenters. The molecular weight excluding hydrogens is 562 g/mol. The van der Waals surface area contributed by atoms with Crippen LogP contribution in [-0.2, 0) is 19.0 Å². The lowest BCUT2D eigenvalue weighted by atomic mass is 9.95. The van der Waals surface area contributed by atoms with Gasteiger partial charge in [0.05, 0.1) is 5.41 Å². The molecule has 0 fully saturated rings. The summed E-state index contributed by atoms with van der Waals surface area (Å²) >= 11 is 6.00. The number of carbonyl (C=O) groups excluding carboxylic acids is 2. The molecule has 0 aliphatic rings. The van der Waals surface area contributed by atoms with Gasteiger partial charge in [0.25, 0.3) is 0 Å². The molecule has 1 aromatic carbocycles. The monoisotopic (exact) mass is 593 g/mol. The molecule has 0 saturated carbocycles. The fraction of sp³-hybridized carbons (Fsp3) is 0.367. The largest absolute Gasteiger partial charge is 0.510 e. The second-order valence-corrected chi connectivity index (χ2v) is 10.6. The van der Waals surface area contributed by atoms with Crippen molar-refractivity contribution in [3.05, 3.63) is 70.8 Å². The van der Waals surface area contributed by atoms with E-state index in [0.717, 1.165) is 10.4 Å². The van der Waals surface area contributed by atoms with Crippen LogP contribution in [0.1, 0.15) is 65.1 Å². The van der Waals surface area contributed by atoms with Crippen LogP contribution in [0.3, 0.4) is 0 Å². The van der Waals surface area contributed by atoms with Gasteiger partial charge in [0, 0.05) is 16.5 Å². The minimum Gasteiger partial charge on any atom is -0.460 e. The zero-order valence-electron chi connectivity index (χ0n) is 24.3. The van der Waals surface area contributed by atoms with Gasteiger partial charge in [-0.05, 0) is 63.6 Å². The topological polar surface area (TPSA) is 142 Å². The van der Waals surface area contributed by atoms with Crippen molar-refractivity contribution in [1.82, 2.24) is 20.0 Å². The van der Waals surface area contributed by atoms with Crippen LogP contribution in [0.25, 0.3) is 22.8 Å². The summed E-state index contributed by atoms with van der Waals surface area (Å²) in [5.41, 5.74) is 3.38. The summed E-state index contributed by atoms with van der Waals surface area (Å²) in [7, 11) is 0. The molecule has 220 valence electrons. The van der Waals surface area contributed by atoms with Crippen molar-refractivity contribution in [3.63, 3.8) is 0 Å². The quantitative estimate of drug-likeness (QED) is 0.133. The zero-order chi connectivity index (χ0) is 31.0. The summed E-state index contributed by atoms with van der Waals surface area (Å²) in [6, 6.07) is 8.98. The van der Waals surface area contributed by atoms with E-state index < -0.39 is 23.8 Å². The summed E-state index contributed by atoms with van der Waals surface area (Å²) in [6.07, 6.45) is 1.26. The molecule has 3 rings (SSSR count). The highest BCUT2D eigenvalue weighted by Gasteiger charge is 2.32. The molecule has 2 aromatic heterocycles. The van der Waals surface area contributed by atoms with Gasteiger partial charge in [0.15, 0.2) is 11.4 Å². The van der Waals surface area contributed by atoms with Gasteiger partial charge in [-0.25, -0.2) is 9.78 Å². The second-order valence-electron chi connectivity index (χ2n) is 10.2. The maximum absolute atomic E-state index is 12.5. The Morgan fingerprint density at radius 2 is 1.86 bits per heavy atom. The first-order valence-electron chi connectivity index (χ1n) is 13.1. The molecule has 0 N–H and O–H groups in total. The van der Waals surface area contributed by atoms with Crippen molar-refractivity contribution in [2.45, 2.75) is 53.7 Å². The highest BCUT2D eigenvalue weighted by Crippen LogP contribution is 2.34. The number of rotatable bonds is 11. The van der Waals surface area contributed by atoms with Crippen molar-refractivity contribution in [2.75, 3.05) is 13.2 Å². The Kier molecular flexibility index (Phi) is 10.5. The molecule has 3 aromatic rings. The summed E-state index contributed by atoms with van der Waals surface area (Å²) in [4.78, 5) is 30.7. The average molecular weight is 594 g/mol. The Labute approximate surface area is 249 Å². The highest BCUT2D eigenvalue weighted by molar-refractivity contribution is 6.30. The fourth-order valence-corrected chi connectivity index (χ4v) is 3.66. The highest BCUT2D eigenvalue weighted by atomic mass is 35.5. The van der Waals surface area contributed by atoms with E-state index in [4.69, 9.17) is 30.2 Å². The van der Waals surface area contributed by atoms with Crippen molar-refractivity contribution >= 4 is 23.7 Å². The average Bonchev–Trinajstić information content (AvgIpc) is 3.59. The summed E-state index contributed by atoms with van der Waals surface area (Å²) in [5, 5.41) is 18.9. The lowest BCUT2D eigenvalue weighted by Crippen LogP contribution is -2.33. The molecule has 1 atom stereocenters. The predicted molar refractivity (Wildman–Crippen MR) is 154 cm³/mol. The number of carbonyl (C=O) groups is 2. The molecule has 11 nitrogen and oxygen atoms in total. The standard InChI is InChI=1S/C30H32ClN5O6/c1-8-10-20(9-2)16-39-28(37)30(6,7)17-40-29(38)41-19(5)36-34-23(15-32)24(35-36)25-26(18(3)4)42-27(33-25)21-11-13-22(31)14-12-21/h9-14,18-19H,1,16-17H2,2-7H3. The number of hydrogen-bond donors (Lipinski definition) is 0. The number of benzene rings is 1. The summed E-state index contributed by atoms with van der Waals surface area (Å²) in [5.74, 6) is 0.181. The third-order valence-corrected chi connectivity index (χ3v) is 6.20. The van der Waals surface area contributed by atoms with Crippen LogP contribution in [0.15, 0.2) is 58.7 Å². The molecule has 0 amide bonds. The van der Waals surface area contributed by atoms with Gasteiger partial charge in [-0.3, -0.25) is 4.79 Å². The molecule has 0 bridgehead atoms. The molecule has 2 heterocycles. The van der Waals surface area contributed by atoms with Gasteiger partial charge in [-0.15, -0.1) is 20.7 Å². The maximum atomic E-state index is 12.5. The van der Waals surface area contributed by atoms with Gasteiger partial charge in [0.1, 0.15) is 30.7 Å². The van der Waals surface area contributed by atoms with Crippen LogP contribution in [-0.4, -0.2) is 45.3 Å². The smallest absolute Gasteiger partial charge is 0.460 e. The predicted octanol–water partition coefficient (Wildman–Crippen LogP) is 6.78. The van der Waals surface area contributed by atoms with Gasteiger partial charge in [-0.2, -0.15) is 5.26 Å². The number of aromatic nitrogens is 4. The van der Waals surface area contributed by atoms with E-state index in [1.807, 2.05) is 19.9 Å². The third kappa shape index (κ3) is 7.75. The lowest BCUT2D eigenvalue weighted by molar-refractivity contribution is -0.155. The number of nitrogens with zero attached hydrogens (tertiary/aromatic N) is 5. The van der Waals surface area contributed by atoms with Gasteiger partial charge >= 0.3 is 12.1 Å². The first-order valence-corrected chi connectivity index (χ1v) is 13.4. The minimum absolute atomic E-state index is 0.0303. The Hall–Kier alpha value is -4.65. The number of ether oxygens (including phenoxy) is 3. The SMILES string of the molecule is C=C=CC(=CC)COC(=O)C(C)(C)COC(=O)OC(C)n1nc(C#N)c(-c2nc(-c3ccc(Cl)cc3)oc2C(C)C)n1. The number of halogens is 1. The van der Waals surface area contributed by atoms with Crippen LogP contribution < -0.4 is 0 Å². The van der Waals surface area contributed by atoms with Crippen LogP contribution in [0.2, 0.25) is 5.02 Å². The number of hydrogen-bond acceptors (Lipinski definition) is 10. The van der Waals surface area contributed by atoms with E-state index in [1.54, 1.807) is 57.2 Å². The Balaban J connectivity index is 1.72. The van der Waals surface area contributed by atoms with E-state index in [1.165, 1.54) is 6.92 Å². The lowest BCUT2D eigenvalue weighted by Gasteiger charge is -2.22. The zero-order valence-corrected chi connectivity index (χ0v) is 25.1. The minimum atomic E-state index is -1.15. The van der Waals surface area contributed by atoms with Crippen molar-refractivity contribution < 1.29 is 28.2 Å². The van der Waals surface area contributed by atoms with Crippen molar-refractivity contribution in [2.24, 2.45) is 5.41 Å².